The Morgan fingerprint density at radius 2 is 1.96 bits per heavy atom. The molecule has 0 bridgehead atoms. The molecule has 1 heterocycles. The maximum atomic E-state index is 12.0. The summed E-state index contributed by atoms with van der Waals surface area (Å²) in [6, 6.07) is 11.0. The lowest BCUT2D eigenvalue weighted by atomic mass is 9.83. The van der Waals surface area contributed by atoms with Gasteiger partial charge in [0.15, 0.2) is 0 Å². The number of nitrogens with two attached hydrogens (primary N) is 1. The van der Waals surface area contributed by atoms with E-state index in [1.165, 1.54) is 0 Å². The van der Waals surface area contributed by atoms with Crippen molar-refractivity contribution in [2.45, 2.75) is 19.3 Å². The number of methoxy groups -OCH3 is 1. The fraction of sp³-hybridized carbons (Fsp3) is 0.222. The number of benzene rings is 2. The number of anilines is 1. The van der Waals surface area contributed by atoms with Crippen LogP contribution >= 0.6 is 0 Å². The van der Waals surface area contributed by atoms with Gasteiger partial charge in [0.05, 0.1) is 7.11 Å². The van der Waals surface area contributed by atoms with E-state index in [0.717, 1.165) is 28.1 Å². The monoisotopic (exact) mass is 310 g/mol. The number of rotatable bonds is 3. The smallest absolute Gasteiger partial charge is 0.248 e. The topological polar surface area (TPSA) is 81.4 Å². The molecular formula is C18H18N2O3. The molecule has 0 spiro atoms. The largest absolute Gasteiger partial charge is 0.496 e. The first kappa shape index (κ1) is 15.1. The lowest BCUT2D eigenvalue weighted by molar-refractivity contribution is -0.116. The Labute approximate surface area is 134 Å². The van der Waals surface area contributed by atoms with Crippen molar-refractivity contribution in [3.8, 4) is 5.75 Å². The summed E-state index contributed by atoms with van der Waals surface area (Å²) in [4.78, 5) is 23.2. The molecule has 3 N–H and O–H groups in total. The zero-order valence-corrected chi connectivity index (χ0v) is 13.1. The van der Waals surface area contributed by atoms with E-state index in [2.05, 4.69) is 5.32 Å². The minimum atomic E-state index is -0.459. The van der Waals surface area contributed by atoms with E-state index < -0.39 is 5.91 Å². The van der Waals surface area contributed by atoms with E-state index >= 15 is 0 Å². The SMILES string of the molecule is COc1cc2c(cc1C)C(c1ccc(C(N)=O)cc1)CC(=O)N2. The minimum Gasteiger partial charge on any atom is -0.496 e. The van der Waals surface area contributed by atoms with Crippen LogP contribution in [0.5, 0.6) is 5.75 Å². The minimum absolute atomic E-state index is 0.0348. The molecule has 0 aliphatic carbocycles. The summed E-state index contributed by atoms with van der Waals surface area (Å²) < 4.78 is 5.33. The second-order valence-electron chi connectivity index (χ2n) is 5.70. The van der Waals surface area contributed by atoms with Crippen LogP contribution in [0.3, 0.4) is 0 Å². The second kappa shape index (κ2) is 5.76. The molecule has 1 aliphatic heterocycles. The molecule has 0 aromatic heterocycles. The molecule has 3 rings (SSSR count). The summed E-state index contributed by atoms with van der Waals surface area (Å²) in [7, 11) is 1.61. The molecule has 0 saturated carbocycles. The van der Waals surface area contributed by atoms with E-state index in [4.69, 9.17) is 10.5 Å². The summed E-state index contributed by atoms with van der Waals surface area (Å²) in [6.07, 6.45) is 0.370. The molecule has 1 atom stereocenters. The first-order chi connectivity index (χ1) is 11.0. The van der Waals surface area contributed by atoms with Gasteiger partial charge >= 0.3 is 0 Å². The third-order valence-corrected chi connectivity index (χ3v) is 4.20. The number of amides is 2. The third-order valence-electron chi connectivity index (χ3n) is 4.20. The molecule has 23 heavy (non-hydrogen) atoms. The summed E-state index contributed by atoms with van der Waals surface area (Å²) in [5.41, 5.74) is 9.55. The molecular weight excluding hydrogens is 292 g/mol. The van der Waals surface area contributed by atoms with E-state index in [-0.39, 0.29) is 11.8 Å². The van der Waals surface area contributed by atoms with Crippen molar-refractivity contribution < 1.29 is 14.3 Å². The highest BCUT2D eigenvalue weighted by molar-refractivity contribution is 5.96. The van der Waals surface area contributed by atoms with E-state index in [1.807, 2.05) is 31.2 Å². The van der Waals surface area contributed by atoms with Crippen LogP contribution in [0, 0.1) is 6.92 Å². The maximum absolute atomic E-state index is 12.0. The number of carbonyl (C=O) groups excluding carboxylic acids is 2. The first-order valence-electron chi connectivity index (χ1n) is 7.37. The van der Waals surface area contributed by atoms with Crippen LogP contribution in [0.2, 0.25) is 0 Å². The number of carbonyl (C=O) groups is 2. The average Bonchev–Trinajstić information content (AvgIpc) is 2.54. The van der Waals surface area contributed by atoms with Gasteiger partial charge in [-0.2, -0.15) is 0 Å². The number of primary amides is 1. The number of fused-ring (bicyclic) bond motifs is 1. The number of hydrogen-bond acceptors (Lipinski definition) is 3. The van der Waals surface area contributed by atoms with Gasteiger partial charge in [0.2, 0.25) is 11.8 Å². The lowest BCUT2D eigenvalue weighted by Crippen LogP contribution is -2.24. The van der Waals surface area contributed by atoms with Gasteiger partial charge in [0.25, 0.3) is 0 Å². The Morgan fingerprint density at radius 1 is 1.26 bits per heavy atom. The molecule has 5 nitrogen and oxygen atoms in total. The lowest BCUT2D eigenvalue weighted by Gasteiger charge is -2.27. The number of nitrogens with one attached hydrogen (secondary N) is 1. The Bertz CT molecular complexity index is 782. The summed E-state index contributed by atoms with van der Waals surface area (Å²) in [5, 5.41) is 2.90. The normalized spacial score (nSPS) is 16.4. The van der Waals surface area contributed by atoms with Crippen LogP contribution in [0.15, 0.2) is 36.4 Å². The van der Waals surface area contributed by atoms with Crippen molar-refractivity contribution in [2.24, 2.45) is 5.73 Å². The van der Waals surface area contributed by atoms with Gasteiger partial charge in [-0.05, 0) is 41.8 Å². The van der Waals surface area contributed by atoms with Crippen LogP contribution in [0.1, 0.15) is 39.4 Å². The van der Waals surface area contributed by atoms with Crippen molar-refractivity contribution in [3.63, 3.8) is 0 Å². The van der Waals surface area contributed by atoms with Crippen molar-refractivity contribution in [3.05, 3.63) is 58.7 Å². The quantitative estimate of drug-likeness (QED) is 0.914. The molecule has 0 fully saturated rings. The highest BCUT2D eigenvalue weighted by Gasteiger charge is 2.27. The van der Waals surface area contributed by atoms with Gasteiger partial charge in [-0.1, -0.05) is 12.1 Å². The number of hydrogen-bond donors (Lipinski definition) is 2. The average molecular weight is 310 g/mol. The van der Waals surface area contributed by atoms with E-state index in [0.29, 0.717) is 12.0 Å². The van der Waals surface area contributed by atoms with Crippen molar-refractivity contribution in [1.29, 1.82) is 0 Å². The van der Waals surface area contributed by atoms with Gasteiger partial charge in [-0.3, -0.25) is 9.59 Å². The highest BCUT2D eigenvalue weighted by atomic mass is 16.5. The van der Waals surface area contributed by atoms with Gasteiger partial charge < -0.3 is 15.8 Å². The van der Waals surface area contributed by atoms with Gasteiger partial charge in [0.1, 0.15) is 5.75 Å². The van der Waals surface area contributed by atoms with Gasteiger partial charge in [-0.15, -0.1) is 0 Å². The molecule has 118 valence electrons. The Hall–Kier alpha value is -2.82. The predicted octanol–water partition coefficient (Wildman–Crippen LogP) is 2.58. The number of ether oxygens (including phenoxy) is 1. The molecule has 0 saturated heterocycles. The Balaban J connectivity index is 2.06. The maximum Gasteiger partial charge on any atom is 0.248 e. The summed E-state index contributed by atoms with van der Waals surface area (Å²) in [5.74, 6) is 0.199. The van der Waals surface area contributed by atoms with Gasteiger partial charge in [0, 0.05) is 29.7 Å². The van der Waals surface area contributed by atoms with Crippen molar-refractivity contribution >= 4 is 17.5 Å². The predicted molar refractivity (Wildman–Crippen MR) is 87.8 cm³/mol. The highest BCUT2D eigenvalue weighted by Crippen LogP contribution is 2.40. The number of aryl methyl sites for hydroxylation is 1. The van der Waals surface area contributed by atoms with Crippen LogP contribution < -0.4 is 15.8 Å². The van der Waals surface area contributed by atoms with E-state index in [1.54, 1.807) is 19.2 Å². The van der Waals surface area contributed by atoms with Crippen LogP contribution in [0.4, 0.5) is 5.69 Å². The molecule has 0 radical (unpaired) electrons. The molecule has 5 heteroatoms. The van der Waals surface area contributed by atoms with Crippen LogP contribution in [-0.2, 0) is 4.79 Å². The zero-order valence-electron chi connectivity index (χ0n) is 13.1. The first-order valence-corrected chi connectivity index (χ1v) is 7.37. The van der Waals surface area contributed by atoms with Gasteiger partial charge in [-0.25, -0.2) is 0 Å². The zero-order chi connectivity index (χ0) is 16.6. The molecule has 1 unspecified atom stereocenters. The third kappa shape index (κ3) is 2.77. The summed E-state index contributed by atoms with van der Waals surface area (Å²) >= 11 is 0. The standard InChI is InChI=1S/C18H18N2O3/c1-10-7-14-13(11-3-5-12(6-4-11)18(19)22)8-17(21)20-15(14)9-16(10)23-2/h3-7,9,13H,8H2,1-2H3,(H2,19,22)(H,20,21). The molecule has 2 amide bonds. The van der Waals surface area contributed by atoms with E-state index in [9.17, 15) is 9.59 Å². The molecule has 1 aliphatic rings. The van der Waals surface area contributed by atoms with Crippen LogP contribution in [-0.4, -0.2) is 18.9 Å². The molecule has 2 aromatic carbocycles. The summed E-state index contributed by atoms with van der Waals surface area (Å²) in [6.45, 7) is 1.97. The molecule has 2 aromatic rings. The van der Waals surface area contributed by atoms with Crippen molar-refractivity contribution in [1.82, 2.24) is 0 Å². The fourth-order valence-corrected chi connectivity index (χ4v) is 3.00. The Morgan fingerprint density at radius 3 is 2.57 bits per heavy atom. The van der Waals surface area contributed by atoms with Crippen LogP contribution in [0.25, 0.3) is 0 Å². The second-order valence-corrected chi connectivity index (χ2v) is 5.70. The van der Waals surface area contributed by atoms with Crippen molar-refractivity contribution in [2.75, 3.05) is 12.4 Å². The Kier molecular flexibility index (Phi) is 3.78. The fourth-order valence-electron chi connectivity index (χ4n) is 3.00.